The Balaban J connectivity index is 1.27. The Morgan fingerprint density at radius 1 is 0.477 bits per heavy atom. The highest BCUT2D eigenvalue weighted by atomic mass is 32.1. The van der Waals surface area contributed by atoms with E-state index in [1.54, 1.807) is 0 Å². The first-order valence-electron chi connectivity index (χ1n) is 14.8. The molecular weight excluding hydrogens is 555 g/mol. The molecule has 9 rings (SSSR count). The van der Waals surface area contributed by atoms with E-state index in [0.717, 1.165) is 39.6 Å². The molecule has 1 N–H and O–H groups in total. The largest absolute Gasteiger partial charge is 0.329 e. The minimum absolute atomic E-state index is 0.843. The summed E-state index contributed by atoms with van der Waals surface area (Å²) in [4.78, 5) is 8.70. The van der Waals surface area contributed by atoms with Crippen molar-refractivity contribution >= 4 is 53.3 Å². The molecule has 0 aliphatic rings. The number of H-pyrrole nitrogens is 1. The molecule has 206 valence electrons. The Morgan fingerprint density at radius 3 is 2.02 bits per heavy atom. The molecule has 0 atom stereocenters. The summed E-state index contributed by atoms with van der Waals surface area (Å²) in [6.07, 6.45) is 0. The van der Waals surface area contributed by atoms with Gasteiger partial charge in [-0.3, -0.25) is 0 Å². The van der Waals surface area contributed by atoms with E-state index in [-0.39, 0.29) is 0 Å². The van der Waals surface area contributed by atoms with Crippen LogP contribution in [0.4, 0.5) is 0 Å². The van der Waals surface area contributed by atoms with E-state index >= 15 is 0 Å². The van der Waals surface area contributed by atoms with Gasteiger partial charge in [-0.2, -0.15) is 0 Å². The van der Waals surface area contributed by atoms with E-state index in [0.29, 0.717) is 0 Å². The second-order valence-corrected chi connectivity index (χ2v) is 12.2. The lowest BCUT2D eigenvalue weighted by molar-refractivity contribution is -0.355. The van der Waals surface area contributed by atoms with E-state index in [9.17, 15) is 0 Å². The summed E-state index contributed by atoms with van der Waals surface area (Å²) < 4.78 is 5.06. The topological polar surface area (TPSA) is 32.0 Å². The van der Waals surface area contributed by atoms with Crippen LogP contribution in [-0.2, 0) is 0 Å². The van der Waals surface area contributed by atoms with Crippen molar-refractivity contribution in [3.63, 3.8) is 0 Å². The summed E-state index contributed by atoms with van der Waals surface area (Å²) in [7, 11) is 0. The van der Waals surface area contributed by atoms with Crippen LogP contribution < -0.4 is 4.98 Å². The molecule has 0 saturated heterocycles. The SMILES string of the molecule is c1ccc(-c2cc(-c3cccc(-n4c5ccccc5c5cc6sc7ccccc7c6cc54)c3)[nH+]c(-c3ccccc3)n2)cc1. The highest BCUT2D eigenvalue weighted by Crippen LogP contribution is 2.40. The molecule has 3 nitrogen and oxygen atoms in total. The highest BCUT2D eigenvalue weighted by Gasteiger charge is 2.19. The standard InChI is InChI=1S/C40H25N3S/c1-3-12-26(13-4-1)34-25-35(42-40(41-34)27-14-5-2-6-15-27)28-16-11-17-29(22-28)43-36-20-9-7-18-30(36)32-24-39-33(23-37(32)43)31-19-8-10-21-38(31)44-39/h1-25H/p+1. The van der Waals surface area contributed by atoms with Gasteiger partial charge in [-0.25, -0.2) is 4.98 Å². The average Bonchev–Trinajstić information content (AvgIpc) is 3.62. The normalized spacial score (nSPS) is 11.6. The van der Waals surface area contributed by atoms with Gasteiger partial charge in [0, 0.05) is 53.8 Å². The molecule has 44 heavy (non-hydrogen) atoms. The van der Waals surface area contributed by atoms with Crippen molar-refractivity contribution in [3.8, 4) is 39.6 Å². The Labute approximate surface area is 258 Å². The van der Waals surface area contributed by atoms with Crippen LogP contribution in [0.15, 0.2) is 152 Å². The summed E-state index contributed by atoms with van der Waals surface area (Å²) in [5.74, 6) is 0.843. The summed E-state index contributed by atoms with van der Waals surface area (Å²) in [6.45, 7) is 0. The van der Waals surface area contributed by atoms with Gasteiger partial charge < -0.3 is 4.57 Å². The third kappa shape index (κ3) is 4.03. The first-order valence-corrected chi connectivity index (χ1v) is 15.6. The Bertz CT molecular complexity index is 2430. The van der Waals surface area contributed by atoms with Crippen molar-refractivity contribution in [1.29, 1.82) is 0 Å². The van der Waals surface area contributed by atoms with E-state index < -0.39 is 0 Å². The summed E-state index contributed by atoms with van der Waals surface area (Å²) in [5.41, 5.74) is 8.75. The number of rotatable bonds is 4. The van der Waals surface area contributed by atoms with Gasteiger partial charge in [0.25, 0.3) is 0 Å². The van der Waals surface area contributed by atoms with Crippen LogP contribution in [0.2, 0.25) is 0 Å². The fourth-order valence-electron chi connectivity index (χ4n) is 6.40. The third-order valence-corrected chi connectivity index (χ3v) is 9.60. The second kappa shape index (κ2) is 10.0. The fourth-order valence-corrected chi connectivity index (χ4v) is 7.53. The zero-order valence-electron chi connectivity index (χ0n) is 23.7. The van der Waals surface area contributed by atoms with E-state index in [1.165, 1.54) is 42.0 Å². The molecule has 0 fully saturated rings. The number of nitrogens with one attached hydrogen (secondary N) is 1. The van der Waals surface area contributed by atoms with E-state index in [2.05, 4.69) is 149 Å². The summed E-state index contributed by atoms with van der Waals surface area (Å²) >= 11 is 1.87. The maximum atomic E-state index is 5.04. The molecule has 0 amide bonds. The van der Waals surface area contributed by atoms with Crippen molar-refractivity contribution in [1.82, 2.24) is 9.55 Å². The molecule has 3 heterocycles. The van der Waals surface area contributed by atoms with Gasteiger partial charge in [-0.05, 0) is 53.5 Å². The Hall–Kier alpha value is -5.58. The average molecular weight is 581 g/mol. The van der Waals surface area contributed by atoms with Crippen LogP contribution in [0, 0.1) is 0 Å². The maximum absolute atomic E-state index is 5.04. The monoisotopic (exact) mass is 580 g/mol. The van der Waals surface area contributed by atoms with Crippen LogP contribution in [0.5, 0.6) is 0 Å². The lowest BCUT2D eigenvalue weighted by Gasteiger charge is -2.10. The number of benzene rings is 6. The first-order chi connectivity index (χ1) is 21.8. The van der Waals surface area contributed by atoms with Crippen molar-refractivity contribution in [2.45, 2.75) is 0 Å². The number of hydrogen-bond acceptors (Lipinski definition) is 2. The van der Waals surface area contributed by atoms with Crippen molar-refractivity contribution < 1.29 is 4.98 Å². The number of thiophene rings is 1. The lowest BCUT2D eigenvalue weighted by atomic mass is 10.1. The highest BCUT2D eigenvalue weighted by molar-refractivity contribution is 7.25. The van der Waals surface area contributed by atoms with Gasteiger partial charge >= 0.3 is 5.82 Å². The zero-order valence-corrected chi connectivity index (χ0v) is 24.6. The van der Waals surface area contributed by atoms with Crippen molar-refractivity contribution in [2.75, 3.05) is 0 Å². The quantitative estimate of drug-likeness (QED) is 0.204. The lowest BCUT2D eigenvalue weighted by Crippen LogP contribution is -2.14. The molecule has 4 heteroatoms. The van der Waals surface area contributed by atoms with Crippen LogP contribution >= 0.6 is 11.3 Å². The number of fused-ring (bicyclic) bond motifs is 6. The molecule has 0 saturated carbocycles. The summed E-state index contributed by atoms with van der Waals surface area (Å²) in [5, 5.41) is 5.16. The van der Waals surface area contributed by atoms with Crippen molar-refractivity contribution in [3.05, 3.63) is 152 Å². The van der Waals surface area contributed by atoms with Crippen LogP contribution in [0.3, 0.4) is 0 Å². The predicted octanol–water partition coefficient (Wildman–Crippen LogP) is 10.4. The number of para-hydroxylation sites is 1. The number of aromatic amines is 1. The molecule has 9 aromatic rings. The van der Waals surface area contributed by atoms with Crippen LogP contribution in [-0.4, -0.2) is 9.55 Å². The molecule has 0 bridgehead atoms. The molecule has 0 aliphatic carbocycles. The van der Waals surface area contributed by atoms with Gasteiger partial charge in [0.1, 0.15) is 5.69 Å². The second-order valence-electron chi connectivity index (χ2n) is 11.1. The van der Waals surface area contributed by atoms with Gasteiger partial charge in [-0.1, -0.05) is 97.1 Å². The van der Waals surface area contributed by atoms with Crippen LogP contribution in [0.1, 0.15) is 0 Å². The van der Waals surface area contributed by atoms with Gasteiger partial charge in [0.2, 0.25) is 0 Å². The van der Waals surface area contributed by atoms with Gasteiger partial charge in [0.05, 0.1) is 16.6 Å². The molecule has 0 radical (unpaired) electrons. The van der Waals surface area contributed by atoms with E-state index in [1.807, 2.05) is 23.5 Å². The Morgan fingerprint density at radius 2 is 1.18 bits per heavy atom. The van der Waals surface area contributed by atoms with Crippen LogP contribution in [0.25, 0.3) is 81.6 Å². The minimum atomic E-state index is 0.843. The molecule has 0 unspecified atom stereocenters. The number of hydrogen-bond donors (Lipinski definition) is 0. The maximum Gasteiger partial charge on any atom is 0.329 e. The first kappa shape index (κ1) is 25.0. The van der Waals surface area contributed by atoms with Gasteiger partial charge in [-0.15, -0.1) is 11.3 Å². The number of nitrogens with zero attached hydrogens (tertiary/aromatic N) is 2. The predicted molar refractivity (Wildman–Crippen MR) is 184 cm³/mol. The fraction of sp³-hybridized carbons (Fsp3) is 0. The van der Waals surface area contributed by atoms with Gasteiger partial charge in [0.15, 0.2) is 5.69 Å². The van der Waals surface area contributed by atoms with E-state index in [4.69, 9.17) is 4.98 Å². The van der Waals surface area contributed by atoms with Crippen molar-refractivity contribution in [2.24, 2.45) is 0 Å². The minimum Gasteiger partial charge on any atom is -0.309 e. The molecule has 6 aromatic carbocycles. The Kier molecular flexibility index (Phi) is 5.68. The molecule has 3 aromatic heterocycles. The smallest absolute Gasteiger partial charge is 0.309 e. The zero-order chi connectivity index (χ0) is 29.0. The number of aromatic nitrogens is 3. The summed E-state index contributed by atoms with van der Waals surface area (Å²) in [6, 6.07) is 54.0. The molecule has 0 aliphatic heterocycles. The third-order valence-electron chi connectivity index (χ3n) is 8.47. The molecule has 0 spiro atoms. The molecular formula is C40H26N3S+.